The maximum absolute atomic E-state index is 12.9. The van der Waals surface area contributed by atoms with Crippen molar-refractivity contribution >= 4 is 40.3 Å². The Hall–Kier alpha value is -4.04. The highest BCUT2D eigenvalue weighted by Crippen LogP contribution is 2.33. The molecule has 2 aromatic carbocycles. The lowest BCUT2D eigenvalue weighted by Crippen LogP contribution is -2.44. The minimum absolute atomic E-state index is 0.276. The molecule has 0 spiro atoms. The molecule has 2 N–H and O–H groups in total. The molecule has 0 saturated carbocycles. The molecule has 1 saturated heterocycles. The van der Waals surface area contributed by atoms with E-state index >= 15 is 0 Å². The molecule has 0 aliphatic carbocycles. The summed E-state index contributed by atoms with van der Waals surface area (Å²) >= 11 is 0. The molecule has 0 unspecified atom stereocenters. The number of nitrogens with one attached hydrogen (secondary N) is 2. The third kappa shape index (κ3) is 4.61. The van der Waals surface area contributed by atoms with Gasteiger partial charge in [-0.05, 0) is 30.8 Å². The molecule has 0 radical (unpaired) electrons. The molecule has 1 fully saturated rings. The van der Waals surface area contributed by atoms with Gasteiger partial charge >= 0.3 is 0 Å². The second-order valence-electron chi connectivity index (χ2n) is 8.10. The summed E-state index contributed by atoms with van der Waals surface area (Å²) < 4.78 is 0. The summed E-state index contributed by atoms with van der Waals surface area (Å²) in [5, 5.41) is 11.7. The summed E-state index contributed by atoms with van der Waals surface area (Å²) in [6, 6.07) is 14.2. The number of carbonyl (C=O) groups excluding carboxylic acids is 1. The molecule has 166 valence electrons. The summed E-state index contributed by atoms with van der Waals surface area (Å²) in [5.74, 6) is -0.289. The van der Waals surface area contributed by atoms with E-state index in [9.17, 15) is 4.79 Å². The highest BCUT2D eigenvalue weighted by atomic mass is 16.1. The summed E-state index contributed by atoms with van der Waals surface area (Å²) in [6.45, 7) is 3.68. The largest absolute Gasteiger partial charge is 0.367 e. The van der Waals surface area contributed by atoms with Crippen LogP contribution in [0.15, 0.2) is 61.1 Å². The fourth-order valence-electron chi connectivity index (χ4n) is 3.95. The molecule has 8 heteroatoms. The van der Waals surface area contributed by atoms with Crippen molar-refractivity contribution in [1.29, 1.82) is 0 Å². The van der Waals surface area contributed by atoms with Crippen molar-refractivity contribution in [2.75, 3.05) is 43.4 Å². The lowest BCUT2D eigenvalue weighted by atomic mass is 10.1. The molecular formula is C25H25N7O. The Bertz CT molecular complexity index is 1280. The van der Waals surface area contributed by atoms with Crippen molar-refractivity contribution in [3.63, 3.8) is 0 Å². The number of amides is 1. The SMILES string of the molecule is CN1CCN(c2cc3[nH]nc(C=Cc4ccccc4)c3cc2NC(=O)c2cnccn2)CC1. The van der Waals surface area contributed by atoms with Gasteiger partial charge in [0.2, 0.25) is 0 Å². The normalized spacial score (nSPS) is 14.8. The van der Waals surface area contributed by atoms with Crippen molar-refractivity contribution < 1.29 is 4.79 Å². The van der Waals surface area contributed by atoms with E-state index in [0.717, 1.165) is 59.7 Å². The predicted octanol–water partition coefficient (Wildman–Crippen LogP) is 3.53. The molecule has 33 heavy (non-hydrogen) atoms. The van der Waals surface area contributed by atoms with Gasteiger partial charge in [0.15, 0.2) is 0 Å². The fraction of sp³-hybridized carbons (Fsp3) is 0.200. The topological polar surface area (TPSA) is 90.0 Å². The molecule has 5 rings (SSSR count). The van der Waals surface area contributed by atoms with E-state index in [1.54, 1.807) is 6.20 Å². The average molecular weight is 440 g/mol. The standard InChI is InChI=1S/C25H25N7O/c1-31-11-13-32(14-12-31)24-16-21-19(15-22(24)28-25(33)23-17-26-9-10-27-23)20(29-30-21)8-7-18-5-3-2-4-6-18/h2-10,15-17H,11-14H2,1H3,(H,28,33)(H,29,30). The Kier molecular flexibility index (Phi) is 5.82. The molecular weight excluding hydrogens is 414 g/mol. The molecule has 1 aliphatic heterocycles. The Morgan fingerprint density at radius 1 is 1.06 bits per heavy atom. The number of hydrogen-bond donors (Lipinski definition) is 2. The number of likely N-dealkylation sites (N-methyl/N-ethyl adjacent to an activating group) is 1. The third-order valence-electron chi connectivity index (χ3n) is 5.83. The third-order valence-corrected chi connectivity index (χ3v) is 5.83. The number of aromatic nitrogens is 4. The fourth-order valence-corrected chi connectivity index (χ4v) is 3.95. The van der Waals surface area contributed by atoms with Crippen LogP contribution in [0, 0.1) is 0 Å². The van der Waals surface area contributed by atoms with Crippen LogP contribution in [0.2, 0.25) is 0 Å². The van der Waals surface area contributed by atoms with Gasteiger partial charge in [-0.15, -0.1) is 0 Å². The number of anilines is 2. The summed E-state index contributed by atoms with van der Waals surface area (Å²) in [4.78, 5) is 25.6. The number of rotatable bonds is 5. The number of fused-ring (bicyclic) bond motifs is 1. The summed E-state index contributed by atoms with van der Waals surface area (Å²) in [6.07, 6.45) is 8.55. The van der Waals surface area contributed by atoms with E-state index in [4.69, 9.17) is 0 Å². The zero-order valence-electron chi connectivity index (χ0n) is 18.4. The van der Waals surface area contributed by atoms with E-state index in [0.29, 0.717) is 0 Å². The molecule has 8 nitrogen and oxygen atoms in total. The molecule has 0 bridgehead atoms. The van der Waals surface area contributed by atoms with Gasteiger partial charge in [-0.25, -0.2) is 4.98 Å². The number of piperazine rings is 1. The van der Waals surface area contributed by atoms with E-state index in [2.05, 4.69) is 48.4 Å². The van der Waals surface area contributed by atoms with Crippen LogP contribution < -0.4 is 10.2 Å². The zero-order chi connectivity index (χ0) is 22.6. The molecule has 3 heterocycles. The van der Waals surface area contributed by atoms with E-state index < -0.39 is 0 Å². The lowest BCUT2D eigenvalue weighted by Gasteiger charge is -2.35. The van der Waals surface area contributed by atoms with Crippen molar-refractivity contribution in [1.82, 2.24) is 25.1 Å². The Morgan fingerprint density at radius 2 is 1.88 bits per heavy atom. The van der Waals surface area contributed by atoms with Gasteiger partial charge in [0, 0.05) is 44.0 Å². The number of benzene rings is 2. The number of nitrogens with zero attached hydrogens (tertiary/aromatic N) is 5. The number of carbonyl (C=O) groups is 1. The van der Waals surface area contributed by atoms with Crippen LogP contribution in [0.3, 0.4) is 0 Å². The summed E-state index contributed by atoms with van der Waals surface area (Å²) in [7, 11) is 2.12. The van der Waals surface area contributed by atoms with Crippen LogP contribution in [0.1, 0.15) is 21.7 Å². The monoisotopic (exact) mass is 439 g/mol. The first-order valence-corrected chi connectivity index (χ1v) is 10.9. The Balaban J connectivity index is 1.52. The van der Waals surface area contributed by atoms with Gasteiger partial charge in [-0.3, -0.25) is 14.9 Å². The van der Waals surface area contributed by atoms with E-state index in [1.807, 2.05) is 48.6 Å². The number of H-pyrrole nitrogens is 1. The minimum atomic E-state index is -0.289. The van der Waals surface area contributed by atoms with Crippen LogP contribution in [-0.4, -0.2) is 64.2 Å². The molecule has 0 atom stereocenters. The van der Waals surface area contributed by atoms with Gasteiger partial charge in [0.05, 0.1) is 28.8 Å². The van der Waals surface area contributed by atoms with E-state index in [1.165, 1.54) is 12.4 Å². The van der Waals surface area contributed by atoms with Crippen molar-refractivity contribution in [2.24, 2.45) is 0 Å². The molecule has 1 amide bonds. The van der Waals surface area contributed by atoms with Crippen LogP contribution in [0.4, 0.5) is 11.4 Å². The second-order valence-corrected chi connectivity index (χ2v) is 8.10. The quantitative estimate of drug-likeness (QED) is 0.495. The first-order chi connectivity index (χ1) is 16.2. The van der Waals surface area contributed by atoms with Gasteiger partial charge < -0.3 is 15.1 Å². The maximum Gasteiger partial charge on any atom is 0.275 e. The van der Waals surface area contributed by atoms with Gasteiger partial charge in [0.1, 0.15) is 5.69 Å². The van der Waals surface area contributed by atoms with E-state index in [-0.39, 0.29) is 11.6 Å². The number of hydrogen-bond acceptors (Lipinski definition) is 6. The second kappa shape index (κ2) is 9.22. The Labute approximate surface area is 192 Å². The molecule has 1 aliphatic rings. The van der Waals surface area contributed by atoms with Crippen molar-refractivity contribution in [3.05, 3.63) is 78.0 Å². The van der Waals surface area contributed by atoms with Gasteiger partial charge in [0.25, 0.3) is 5.91 Å². The number of aromatic amines is 1. The smallest absolute Gasteiger partial charge is 0.275 e. The molecule has 4 aromatic rings. The van der Waals surface area contributed by atoms with Gasteiger partial charge in [-0.1, -0.05) is 36.4 Å². The van der Waals surface area contributed by atoms with Crippen molar-refractivity contribution in [3.8, 4) is 0 Å². The molecule has 2 aromatic heterocycles. The highest BCUT2D eigenvalue weighted by Gasteiger charge is 2.21. The Morgan fingerprint density at radius 3 is 2.64 bits per heavy atom. The maximum atomic E-state index is 12.9. The predicted molar refractivity (Wildman–Crippen MR) is 131 cm³/mol. The van der Waals surface area contributed by atoms with Crippen LogP contribution in [0.5, 0.6) is 0 Å². The highest BCUT2D eigenvalue weighted by molar-refractivity contribution is 6.07. The van der Waals surface area contributed by atoms with Crippen LogP contribution in [-0.2, 0) is 0 Å². The minimum Gasteiger partial charge on any atom is -0.367 e. The first-order valence-electron chi connectivity index (χ1n) is 10.9. The van der Waals surface area contributed by atoms with Crippen LogP contribution in [0.25, 0.3) is 23.1 Å². The average Bonchev–Trinajstić information content (AvgIpc) is 3.26. The summed E-state index contributed by atoms with van der Waals surface area (Å²) in [5.41, 5.74) is 4.81. The first kappa shape index (κ1) is 20.8. The van der Waals surface area contributed by atoms with Crippen LogP contribution >= 0.6 is 0 Å². The van der Waals surface area contributed by atoms with Crippen molar-refractivity contribution in [2.45, 2.75) is 0 Å². The zero-order valence-corrected chi connectivity index (χ0v) is 18.4. The lowest BCUT2D eigenvalue weighted by molar-refractivity contribution is 0.102. The van der Waals surface area contributed by atoms with Gasteiger partial charge in [-0.2, -0.15) is 5.10 Å².